The summed E-state index contributed by atoms with van der Waals surface area (Å²) >= 11 is 0. The van der Waals surface area contributed by atoms with Gasteiger partial charge in [-0.05, 0) is 54.2 Å². The summed E-state index contributed by atoms with van der Waals surface area (Å²) in [5, 5.41) is 19.5. The van der Waals surface area contributed by atoms with E-state index in [1.807, 2.05) is 4.90 Å². The lowest BCUT2D eigenvalue weighted by molar-refractivity contribution is 0.0692. The first-order valence-electron chi connectivity index (χ1n) is 11.2. The molecule has 2 aliphatic heterocycles. The molecule has 3 aliphatic rings. The second-order valence-corrected chi connectivity index (χ2v) is 10.7. The van der Waals surface area contributed by atoms with Crippen LogP contribution in [-0.2, 0) is 10.0 Å². The van der Waals surface area contributed by atoms with E-state index in [-0.39, 0.29) is 39.5 Å². The van der Waals surface area contributed by atoms with Gasteiger partial charge in [0.1, 0.15) is 17.1 Å². The fraction of sp³-hybridized carbons (Fsp3) is 0.375. The highest BCUT2D eigenvalue weighted by Gasteiger charge is 2.45. The number of hydrogen-bond acceptors (Lipinski definition) is 6. The number of likely N-dealkylation sites (tertiary alicyclic amines) is 1. The van der Waals surface area contributed by atoms with Gasteiger partial charge in [-0.1, -0.05) is 18.2 Å². The monoisotopic (exact) mass is 488 g/mol. The van der Waals surface area contributed by atoms with Crippen LogP contribution in [0.15, 0.2) is 41.3 Å². The third kappa shape index (κ3) is 4.40. The third-order valence-electron chi connectivity index (χ3n) is 6.58. The molecule has 0 radical (unpaired) electrons. The van der Waals surface area contributed by atoms with Crippen molar-refractivity contribution >= 4 is 27.8 Å². The van der Waals surface area contributed by atoms with Gasteiger partial charge in [0.2, 0.25) is 0 Å². The van der Waals surface area contributed by atoms with Gasteiger partial charge in [-0.15, -0.1) is 0 Å². The lowest BCUT2D eigenvalue weighted by Crippen LogP contribution is -2.22. The van der Waals surface area contributed by atoms with Crippen LogP contribution in [0.5, 0.6) is 5.75 Å². The number of aromatic carboxylic acids is 1. The predicted octanol–water partition coefficient (Wildman–Crippen LogP) is 2.90. The molecule has 180 valence electrons. The molecule has 2 fully saturated rings. The van der Waals surface area contributed by atoms with E-state index in [4.69, 9.17) is 4.74 Å². The third-order valence-corrected chi connectivity index (χ3v) is 8.02. The largest absolute Gasteiger partial charge is 0.492 e. The number of nitrogens with one attached hydrogen (secondary N) is 1. The number of β-amino-alcohol motifs (C(OH)–C–C–N with tert-alkyl or cyclic N) is 1. The van der Waals surface area contributed by atoms with Crippen molar-refractivity contribution in [1.82, 2.24) is 4.90 Å². The maximum absolute atomic E-state index is 14.0. The Morgan fingerprint density at radius 3 is 2.85 bits per heavy atom. The summed E-state index contributed by atoms with van der Waals surface area (Å²) in [6, 6.07) is 6.47. The lowest BCUT2D eigenvalue weighted by Gasteiger charge is -2.21. The molecule has 8 nitrogen and oxygen atoms in total. The predicted molar refractivity (Wildman–Crippen MR) is 123 cm³/mol. The average molecular weight is 489 g/mol. The van der Waals surface area contributed by atoms with Crippen molar-refractivity contribution in [2.75, 3.05) is 31.0 Å². The Hall–Kier alpha value is -2.95. The number of aliphatic hydroxyl groups is 1. The Labute approximate surface area is 196 Å². The average Bonchev–Trinajstić information content (AvgIpc) is 3.46. The van der Waals surface area contributed by atoms with Gasteiger partial charge >= 0.3 is 5.97 Å². The Morgan fingerprint density at radius 2 is 2.12 bits per heavy atom. The molecule has 0 bridgehead atoms. The van der Waals surface area contributed by atoms with E-state index in [1.165, 1.54) is 12.1 Å². The van der Waals surface area contributed by atoms with Crippen molar-refractivity contribution in [2.24, 2.45) is 5.92 Å². The van der Waals surface area contributed by atoms with Gasteiger partial charge in [0.15, 0.2) is 0 Å². The second-order valence-electron chi connectivity index (χ2n) is 9.02. The first kappa shape index (κ1) is 22.8. The fourth-order valence-corrected chi connectivity index (χ4v) is 6.00. The Bertz CT molecular complexity index is 1280. The summed E-state index contributed by atoms with van der Waals surface area (Å²) in [6.07, 6.45) is 4.46. The van der Waals surface area contributed by atoms with Gasteiger partial charge in [0.05, 0.1) is 23.3 Å². The van der Waals surface area contributed by atoms with E-state index in [9.17, 15) is 27.8 Å². The number of anilines is 1. The van der Waals surface area contributed by atoms with Gasteiger partial charge in [-0.3, -0.25) is 9.62 Å². The fourth-order valence-electron chi connectivity index (χ4n) is 4.75. The number of benzene rings is 2. The SMILES string of the molecule is O=C(O)c1c(NS(=O)(=O)c2ccc(F)cc2/C=C\CN2CC[C@H](O)C2)ccc2c1OCC1CC21. The minimum atomic E-state index is -4.25. The molecule has 2 unspecified atom stereocenters. The second kappa shape index (κ2) is 8.68. The summed E-state index contributed by atoms with van der Waals surface area (Å²) in [5.74, 6) is -1.05. The molecular weight excluding hydrogens is 463 g/mol. The highest BCUT2D eigenvalue weighted by Crippen LogP contribution is 2.55. The van der Waals surface area contributed by atoms with Crippen LogP contribution in [0, 0.1) is 11.7 Å². The molecule has 10 heteroatoms. The minimum Gasteiger partial charge on any atom is -0.492 e. The van der Waals surface area contributed by atoms with E-state index in [0.29, 0.717) is 32.0 Å². The minimum absolute atomic E-state index is 0.101. The van der Waals surface area contributed by atoms with E-state index < -0.39 is 21.8 Å². The van der Waals surface area contributed by atoms with Gasteiger partial charge in [0.25, 0.3) is 10.0 Å². The molecule has 1 saturated carbocycles. The first-order valence-corrected chi connectivity index (χ1v) is 12.6. The van der Waals surface area contributed by atoms with Gasteiger partial charge in [0, 0.05) is 25.6 Å². The van der Waals surface area contributed by atoms with Crippen LogP contribution in [0.3, 0.4) is 0 Å². The van der Waals surface area contributed by atoms with Crippen molar-refractivity contribution in [2.45, 2.75) is 29.8 Å². The van der Waals surface area contributed by atoms with Gasteiger partial charge in [-0.2, -0.15) is 0 Å². The molecule has 0 aromatic heterocycles. The number of halogens is 1. The van der Waals surface area contributed by atoms with Crippen LogP contribution in [0.1, 0.15) is 40.2 Å². The molecule has 1 saturated heterocycles. The number of rotatable bonds is 7. The zero-order valence-electron chi connectivity index (χ0n) is 18.3. The van der Waals surface area contributed by atoms with Crippen LogP contribution in [0.4, 0.5) is 10.1 Å². The molecule has 2 heterocycles. The van der Waals surface area contributed by atoms with Crippen molar-refractivity contribution in [3.05, 3.63) is 58.9 Å². The molecule has 2 aromatic carbocycles. The van der Waals surface area contributed by atoms with Crippen LogP contribution < -0.4 is 9.46 Å². The molecule has 3 atom stereocenters. The zero-order valence-corrected chi connectivity index (χ0v) is 19.1. The molecule has 1 aliphatic carbocycles. The quantitative estimate of drug-likeness (QED) is 0.549. The standard InChI is InChI=1S/C24H25FN2O6S/c25-16-3-6-21(14(10-16)2-1-8-27-9-7-17(28)12-27)34(31,32)26-20-5-4-18-19-11-15(19)13-33-23(18)22(20)24(29)30/h1-6,10,15,17,19,26,28H,7-9,11-13H2,(H,29,30)/b2-1-/t15?,17-,19?/m0/s1. The van der Waals surface area contributed by atoms with Crippen LogP contribution in [0.2, 0.25) is 0 Å². The summed E-state index contributed by atoms with van der Waals surface area (Å²) in [4.78, 5) is 13.9. The molecular formula is C24H25FN2O6S. The Balaban J connectivity index is 1.44. The lowest BCUT2D eigenvalue weighted by atomic mass is 10.0. The van der Waals surface area contributed by atoms with Crippen LogP contribution >= 0.6 is 0 Å². The van der Waals surface area contributed by atoms with Gasteiger partial charge in [-0.25, -0.2) is 17.6 Å². The number of fused-ring (bicyclic) bond motifs is 3. The summed E-state index contributed by atoms with van der Waals surface area (Å²) in [7, 11) is -4.25. The molecule has 34 heavy (non-hydrogen) atoms. The number of ether oxygens (including phenoxy) is 1. The number of carbonyl (C=O) groups is 1. The van der Waals surface area contributed by atoms with E-state index >= 15 is 0 Å². The molecule has 2 aromatic rings. The number of sulfonamides is 1. The summed E-state index contributed by atoms with van der Waals surface area (Å²) in [5.41, 5.74) is 0.599. The maximum atomic E-state index is 14.0. The van der Waals surface area contributed by atoms with Crippen molar-refractivity contribution < 1.29 is 32.6 Å². The maximum Gasteiger partial charge on any atom is 0.341 e. The van der Waals surface area contributed by atoms with E-state index in [1.54, 1.807) is 12.1 Å². The molecule has 5 rings (SSSR count). The highest BCUT2D eigenvalue weighted by atomic mass is 32.2. The molecule has 3 N–H and O–H groups in total. The number of hydrogen-bond donors (Lipinski definition) is 3. The van der Waals surface area contributed by atoms with Crippen LogP contribution in [-0.4, -0.2) is 61.8 Å². The van der Waals surface area contributed by atoms with E-state index in [0.717, 1.165) is 36.7 Å². The molecule has 0 spiro atoms. The Kier molecular flexibility index (Phi) is 5.83. The topological polar surface area (TPSA) is 116 Å². The highest BCUT2D eigenvalue weighted by molar-refractivity contribution is 7.92. The summed E-state index contributed by atoms with van der Waals surface area (Å²) < 4.78 is 48.5. The number of carboxylic acid groups (broad SMARTS) is 1. The van der Waals surface area contributed by atoms with Gasteiger partial charge < -0.3 is 14.9 Å². The zero-order chi connectivity index (χ0) is 24.0. The summed E-state index contributed by atoms with van der Waals surface area (Å²) in [6.45, 7) is 2.14. The number of nitrogens with zero attached hydrogens (tertiary/aromatic N) is 1. The van der Waals surface area contributed by atoms with Crippen molar-refractivity contribution in [3.8, 4) is 5.75 Å². The van der Waals surface area contributed by atoms with Crippen molar-refractivity contribution in [1.29, 1.82) is 0 Å². The molecule has 0 amide bonds. The number of aliphatic hydroxyl groups excluding tert-OH is 1. The van der Waals surface area contributed by atoms with E-state index in [2.05, 4.69) is 4.72 Å². The van der Waals surface area contributed by atoms with Crippen molar-refractivity contribution in [3.63, 3.8) is 0 Å². The van der Waals surface area contributed by atoms with Crippen LogP contribution in [0.25, 0.3) is 6.08 Å². The first-order chi connectivity index (χ1) is 16.2. The smallest absolute Gasteiger partial charge is 0.341 e. The Morgan fingerprint density at radius 1 is 1.29 bits per heavy atom. The normalized spacial score (nSPS) is 23.9. The number of carboxylic acids is 1.